The summed E-state index contributed by atoms with van der Waals surface area (Å²) in [7, 11) is 0. The Kier molecular flexibility index (Phi) is 5.39. The van der Waals surface area contributed by atoms with E-state index in [1.807, 2.05) is 18.4 Å². The maximum Gasteiger partial charge on any atom is 0.106 e. The third-order valence-electron chi connectivity index (χ3n) is 0.808. The van der Waals surface area contributed by atoms with Crippen LogP contribution in [0.5, 0.6) is 0 Å². The summed E-state index contributed by atoms with van der Waals surface area (Å²) in [6.07, 6.45) is 1.60. The maximum atomic E-state index is 8.70. The van der Waals surface area contributed by atoms with Gasteiger partial charge in [0.2, 0.25) is 0 Å². The lowest BCUT2D eigenvalue weighted by Crippen LogP contribution is -2.18. The summed E-state index contributed by atoms with van der Waals surface area (Å²) in [5, 5.41) is 10.6. The van der Waals surface area contributed by atoms with Crippen LogP contribution in [-0.2, 0) is 0 Å². The second-order valence-electron chi connectivity index (χ2n) is 1.90. The number of thioether (sulfide) groups is 1. The standard InChI is InChI=1S/C7H13NOS/c1-3-4-10-6(2)5-7(8)9/h3-4,7,9H,2,5,8H2,1H3/b4-3-/t7-/m0/s1. The van der Waals surface area contributed by atoms with Crippen LogP contribution >= 0.6 is 11.8 Å². The molecular formula is C7H13NOS. The van der Waals surface area contributed by atoms with Gasteiger partial charge in [-0.15, -0.1) is 11.8 Å². The fraction of sp³-hybridized carbons (Fsp3) is 0.429. The van der Waals surface area contributed by atoms with Crippen LogP contribution in [0, 0.1) is 0 Å². The summed E-state index contributed by atoms with van der Waals surface area (Å²) in [6.45, 7) is 5.63. The van der Waals surface area contributed by atoms with Crippen LogP contribution in [0.25, 0.3) is 0 Å². The highest BCUT2D eigenvalue weighted by atomic mass is 32.2. The fourth-order valence-corrected chi connectivity index (χ4v) is 1.04. The second-order valence-corrected chi connectivity index (χ2v) is 2.98. The highest BCUT2D eigenvalue weighted by molar-refractivity contribution is 8.05. The van der Waals surface area contributed by atoms with Crippen molar-refractivity contribution in [3.05, 3.63) is 23.0 Å². The smallest absolute Gasteiger partial charge is 0.106 e. The first-order valence-corrected chi connectivity index (χ1v) is 3.94. The van der Waals surface area contributed by atoms with E-state index in [-0.39, 0.29) is 0 Å². The van der Waals surface area contributed by atoms with Crippen molar-refractivity contribution < 1.29 is 5.11 Å². The van der Waals surface area contributed by atoms with Crippen LogP contribution in [0.4, 0.5) is 0 Å². The number of hydrogen-bond acceptors (Lipinski definition) is 3. The van der Waals surface area contributed by atoms with Crippen molar-refractivity contribution in [1.29, 1.82) is 0 Å². The fourth-order valence-electron chi connectivity index (χ4n) is 0.446. The number of hydrogen-bond donors (Lipinski definition) is 2. The average molecular weight is 159 g/mol. The number of allylic oxidation sites excluding steroid dienone is 1. The lowest BCUT2D eigenvalue weighted by Gasteiger charge is -2.03. The Morgan fingerprint density at radius 1 is 1.90 bits per heavy atom. The predicted octanol–water partition coefficient (Wildman–Crippen LogP) is 1.43. The molecule has 3 heteroatoms. The van der Waals surface area contributed by atoms with E-state index in [2.05, 4.69) is 6.58 Å². The van der Waals surface area contributed by atoms with Gasteiger partial charge in [0.25, 0.3) is 0 Å². The number of nitrogens with two attached hydrogens (primary N) is 1. The first-order valence-electron chi connectivity index (χ1n) is 3.06. The zero-order chi connectivity index (χ0) is 7.98. The van der Waals surface area contributed by atoms with E-state index in [9.17, 15) is 0 Å². The van der Waals surface area contributed by atoms with Gasteiger partial charge in [-0.25, -0.2) is 0 Å². The van der Waals surface area contributed by atoms with E-state index in [0.717, 1.165) is 4.91 Å². The van der Waals surface area contributed by atoms with Crippen LogP contribution < -0.4 is 5.73 Å². The third kappa shape index (κ3) is 5.88. The van der Waals surface area contributed by atoms with Crippen molar-refractivity contribution >= 4 is 11.8 Å². The van der Waals surface area contributed by atoms with Crippen molar-refractivity contribution in [3.63, 3.8) is 0 Å². The molecule has 2 nitrogen and oxygen atoms in total. The lowest BCUT2D eigenvalue weighted by atomic mass is 10.4. The summed E-state index contributed by atoms with van der Waals surface area (Å²) in [6, 6.07) is 0. The van der Waals surface area contributed by atoms with Crippen molar-refractivity contribution in [1.82, 2.24) is 0 Å². The molecule has 0 radical (unpaired) electrons. The summed E-state index contributed by atoms with van der Waals surface area (Å²) in [5.74, 6) is 0. The minimum Gasteiger partial charge on any atom is -0.378 e. The van der Waals surface area contributed by atoms with Crippen LogP contribution in [0.3, 0.4) is 0 Å². The lowest BCUT2D eigenvalue weighted by molar-refractivity contribution is 0.185. The second kappa shape index (κ2) is 5.53. The Bertz CT molecular complexity index is 132. The minimum atomic E-state index is -0.773. The molecule has 0 aromatic heterocycles. The third-order valence-corrected chi connectivity index (χ3v) is 1.72. The van der Waals surface area contributed by atoms with E-state index in [4.69, 9.17) is 10.8 Å². The molecule has 0 heterocycles. The zero-order valence-electron chi connectivity index (χ0n) is 6.08. The molecule has 10 heavy (non-hydrogen) atoms. The van der Waals surface area contributed by atoms with Gasteiger partial charge < -0.3 is 10.8 Å². The van der Waals surface area contributed by atoms with E-state index >= 15 is 0 Å². The summed E-state index contributed by atoms with van der Waals surface area (Å²) >= 11 is 1.49. The molecule has 0 unspecified atom stereocenters. The normalized spacial score (nSPS) is 13.9. The molecule has 0 fully saturated rings. The molecule has 0 aromatic rings. The molecule has 0 bridgehead atoms. The summed E-state index contributed by atoms with van der Waals surface area (Å²) in [4.78, 5) is 0.883. The van der Waals surface area contributed by atoms with E-state index in [1.54, 1.807) is 0 Å². The van der Waals surface area contributed by atoms with Gasteiger partial charge in [0, 0.05) is 6.42 Å². The predicted molar refractivity (Wildman–Crippen MR) is 46.4 cm³/mol. The van der Waals surface area contributed by atoms with Crippen LogP contribution in [0.2, 0.25) is 0 Å². The molecule has 0 saturated carbocycles. The zero-order valence-corrected chi connectivity index (χ0v) is 6.90. The Hall–Kier alpha value is -0.250. The number of rotatable bonds is 4. The maximum absolute atomic E-state index is 8.70. The van der Waals surface area contributed by atoms with Gasteiger partial charge in [0.05, 0.1) is 0 Å². The number of aliphatic hydroxyl groups is 1. The SMILES string of the molecule is C=C(C[C@@H](N)O)S/C=C\C. The van der Waals surface area contributed by atoms with Crippen molar-refractivity contribution in [2.45, 2.75) is 19.6 Å². The topological polar surface area (TPSA) is 46.2 Å². The molecule has 0 amide bonds. The van der Waals surface area contributed by atoms with Gasteiger partial charge in [-0.05, 0) is 17.2 Å². The quantitative estimate of drug-likeness (QED) is 0.610. The van der Waals surface area contributed by atoms with Gasteiger partial charge >= 0.3 is 0 Å². The first kappa shape index (κ1) is 9.75. The van der Waals surface area contributed by atoms with Crippen LogP contribution in [0.15, 0.2) is 23.0 Å². The molecule has 0 aliphatic carbocycles. The first-order chi connectivity index (χ1) is 4.66. The van der Waals surface area contributed by atoms with E-state index < -0.39 is 6.23 Å². The molecule has 0 spiro atoms. The minimum absolute atomic E-state index is 0.453. The van der Waals surface area contributed by atoms with Crippen molar-refractivity contribution in [3.8, 4) is 0 Å². The van der Waals surface area contributed by atoms with E-state index in [0.29, 0.717) is 6.42 Å². The average Bonchev–Trinajstić information content (AvgIpc) is 1.82. The van der Waals surface area contributed by atoms with Gasteiger partial charge in [-0.1, -0.05) is 12.7 Å². The van der Waals surface area contributed by atoms with Crippen LogP contribution in [0.1, 0.15) is 13.3 Å². The van der Waals surface area contributed by atoms with Gasteiger partial charge in [-0.3, -0.25) is 0 Å². The molecule has 0 saturated heterocycles. The highest BCUT2D eigenvalue weighted by Crippen LogP contribution is 2.18. The molecule has 58 valence electrons. The molecular weight excluding hydrogens is 146 g/mol. The highest BCUT2D eigenvalue weighted by Gasteiger charge is 1.97. The molecule has 1 atom stereocenters. The molecule has 0 aromatic carbocycles. The van der Waals surface area contributed by atoms with Crippen molar-refractivity contribution in [2.75, 3.05) is 0 Å². The summed E-state index contributed by atoms with van der Waals surface area (Å²) < 4.78 is 0. The Balaban J connectivity index is 3.44. The molecule has 0 aliphatic heterocycles. The van der Waals surface area contributed by atoms with Crippen molar-refractivity contribution in [2.24, 2.45) is 5.73 Å². The molecule has 0 aliphatic rings. The Morgan fingerprint density at radius 3 is 2.90 bits per heavy atom. The molecule has 3 N–H and O–H groups in total. The van der Waals surface area contributed by atoms with Crippen LogP contribution in [-0.4, -0.2) is 11.3 Å². The Labute approximate surface area is 65.8 Å². The molecule has 0 rings (SSSR count). The van der Waals surface area contributed by atoms with Gasteiger partial charge in [-0.2, -0.15) is 0 Å². The Morgan fingerprint density at radius 2 is 2.50 bits per heavy atom. The summed E-state index contributed by atoms with van der Waals surface area (Å²) in [5.41, 5.74) is 5.12. The number of aliphatic hydroxyl groups excluding tert-OH is 1. The van der Waals surface area contributed by atoms with E-state index in [1.165, 1.54) is 11.8 Å². The monoisotopic (exact) mass is 159 g/mol. The largest absolute Gasteiger partial charge is 0.378 e. The van der Waals surface area contributed by atoms with Gasteiger partial charge in [0.1, 0.15) is 6.23 Å². The van der Waals surface area contributed by atoms with Gasteiger partial charge in [0.15, 0.2) is 0 Å².